The molecular weight excluding hydrogens is 234 g/mol. The molecule has 3 aromatic rings. The van der Waals surface area contributed by atoms with Crippen LogP contribution in [0, 0.1) is 6.92 Å². The van der Waals surface area contributed by atoms with Gasteiger partial charge in [-0.3, -0.25) is 0 Å². The molecule has 0 aromatic carbocycles. The van der Waals surface area contributed by atoms with Crippen LogP contribution in [0.1, 0.15) is 12.7 Å². The predicted octanol–water partition coefficient (Wildman–Crippen LogP) is 2.58. The van der Waals surface area contributed by atoms with E-state index in [0.29, 0.717) is 41.2 Å². The third-order valence-corrected chi connectivity index (χ3v) is 2.35. The number of hydrogen-bond acceptors (Lipinski definition) is 6. The van der Waals surface area contributed by atoms with Crippen LogP contribution >= 0.6 is 0 Å². The number of furan rings is 1. The van der Waals surface area contributed by atoms with Gasteiger partial charge >= 0.3 is 0 Å². The normalized spacial score (nSPS) is 11.0. The Morgan fingerprint density at radius 3 is 2.89 bits per heavy atom. The molecule has 18 heavy (non-hydrogen) atoms. The van der Waals surface area contributed by atoms with Crippen LogP contribution in [-0.2, 0) is 0 Å². The van der Waals surface area contributed by atoms with E-state index in [1.807, 2.05) is 6.92 Å². The largest absolute Gasteiger partial charge is 0.476 e. The quantitative estimate of drug-likeness (QED) is 0.706. The van der Waals surface area contributed by atoms with E-state index < -0.39 is 0 Å². The number of aryl methyl sites for hydroxylation is 1. The zero-order chi connectivity index (χ0) is 12.5. The summed E-state index contributed by atoms with van der Waals surface area (Å²) in [4.78, 5) is 12.7. The molecule has 0 aliphatic carbocycles. The maximum absolute atomic E-state index is 5.54. The zero-order valence-corrected chi connectivity index (χ0v) is 10.0. The highest BCUT2D eigenvalue weighted by Gasteiger charge is 2.17. The Morgan fingerprint density at radius 2 is 2.17 bits per heavy atom. The maximum atomic E-state index is 5.54. The van der Waals surface area contributed by atoms with Crippen LogP contribution < -0.4 is 4.74 Å². The number of oxazole rings is 1. The van der Waals surface area contributed by atoms with Crippen molar-refractivity contribution >= 4 is 11.2 Å². The van der Waals surface area contributed by atoms with E-state index in [9.17, 15) is 0 Å². The minimum atomic E-state index is 0.371. The molecule has 92 valence electrons. The monoisotopic (exact) mass is 245 g/mol. The predicted molar refractivity (Wildman–Crippen MR) is 63.2 cm³/mol. The summed E-state index contributed by atoms with van der Waals surface area (Å²) in [6.07, 6.45) is 1.56. The molecule has 0 aliphatic heterocycles. The van der Waals surface area contributed by atoms with Crippen molar-refractivity contribution in [3.8, 4) is 17.5 Å². The molecule has 3 heterocycles. The number of nitrogens with zero attached hydrogens (tertiary/aromatic N) is 3. The summed E-state index contributed by atoms with van der Waals surface area (Å²) in [5.74, 6) is 1.93. The first kappa shape index (κ1) is 10.8. The molecule has 0 bridgehead atoms. The van der Waals surface area contributed by atoms with Crippen molar-refractivity contribution in [3.05, 3.63) is 24.2 Å². The summed E-state index contributed by atoms with van der Waals surface area (Å²) in [5.41, 5.74) is 0.909. The number of fused-ring (bicyclic) bond motifs is 1. The smallest absolute Gasteiger partial charge is 0.265 e. The molecule has 0 saturated carbocycles. The van der Waals surface area contributed by atoms with Crippen LogP contribution in [-0.4, -0.2) is 21.6 Å². The van der Waals surface area contributed by atoms with Gasteiger partial charge in [-0.15, -0.1) is 0 Å². The van der Waals surface area contributed by atoms with E-state index >= 15 is 0 Å². The molecule has 0 amide bonds. The van der Waals surface area contributed by atoms with Gasteiger partial charge in [0.2, 0.25) is 5.88 Å². The maximum Gasteiger partial charge on any atom is 0.265 e. The van der Waals surface area contributed by atoms with Gasteiger partial charge in [-0.05, 0) is 26.0 Å². The van der Waals surface area contributed by atoms with Crippen LogP contribution in [0.15, 0.2) is 27.2 Å². The lowest BCUT2D eigenvalue weighted by molar-refractivity contribution is 0.329. The van der Waals surface area contributed by atoms with Crippen LogP contribution in [0.25, 0.3) is 22.9 Å². The van der Waals surface area contributed by atoms with Crippen molar-refractivity contribution in [2.75, 3.05) is 6.61 Å². The fourth-order valence-corrected chi connectivity index (χ4v) is 1.64. The number of hydrogen-bond donors (Lipinski definition) is 0. The van der Waals surface area contributed by atoms with Crippen molar-refractivity contribution in [2.24, 2.45) is 0 Å². The van der Waals surface area contributed by atoms with Crippen molar-refractivity contribution in [1.29, 1.82) is 0 Å². The zero-order valence-electron chi connectivity index (χ0n) is 10.0. The molecule has 0 unspecified atom stereocenters. The fraction of sp³-hybridized carbons (Fsp3) is 0.250. The highest BCUT2D eigenvalue weighted by molar-refractivity contribution is 5.76. The van der Waals surface area contributed by atoms with Crippen molar-refractivity contribution < 1.29 is 13.6 Å². The average molecular weight is 245 g/mol. The molecule has 3 rings (SSSR count). The topological polar surface area (TPSA) is 74.2 Å². The molecule has 3 aromatic heterocycles. The Bertz CT molecular complexity index is 673. The molecule has 6 nitrogen and oxygen atoms in total. The summed E-state index contributed by atoms with van der Waals surface area (Å²) >= 11 is 0. The van der Waals surface area contributed by atoms with Gasteiger partial charge in [0.1, 0.15) is 5.82 Å². The van der Waals surface area contributed by atoms with Crippen LogP contribution in [0.3, 0.4) is 0 Å². The highest BCUT2D eigenvalue weighted by Crippen LogP contribution is 2.28. The lowest BCUT2D eigenvalue weighted by Gasteiger charge is -2.01. The van der Waals surface area contributed by atoms with Gasteiger partial charge in [0.05, 0.1) is 12.9 Å². The third kappa shape index (κ3) is 1.71. The number of aromatic nitrogens is 3. The molecule has 0 spiro atoms. The minimum Gasteiger partial charge on any atom is -0.476 e. The lowest BCUT2D eigenvalue weighted by atomic mass is 10.4. The Balaban J connectivity index is 2.19. The second-order valence-electron chi connectivity index (χ2n) is 3.66. The number of ether oxygens (including phenoxy) is 1. The van der Waals surface area contributed by atoms with Gasteiger partial charge in [-0.25, -0.2) is 0 Å². The molecule has 0 radical (unpaired) electrons. The average Bonchev–Trinajstić information content (AvgIpc) is 2.96. The first-order valence-electron chi connectivity index (χ1n) is 5.59. The summed E-state index contributed by atoms with van der Waals surface area (Å²) < 4.78 is 16.2. The van der Waals surface area contributed by atoms with Gasteiger partial charge in [0.15, 0.2) is 11.3 Å². The third-order valence-electron chi connectivity index (χ3n) is 2.35. The van der Waals surface area contributed by atoms with Crippen LogP contribution in [0.2, 0.25) is 0 Å². The second kappa shape index (κ2) is 4.14. The van der Waals surface area contributed by atoms with Crippen LogP contribution in [0.4, 0.5) is 0 Å². The molecule has 0 aliphatic rings. The second-order valence-corrected chi connectivity index (χ2v) is 3.66. The fourth-order valence-electron chi connectivity index (χ4n) is 1.64. The Hall–Kier alpha value is -2.37. The SMILES string of the molecule is CCOc1nc(C)nc2oc(-c3ccco3)nc12. The van der Waals surface area contributed by atoms with E-state index in [1.54, 1.807) is 25.3 Å². The number of rotatable bonds is 3. The first-order valence-corrected chi connectivity index (χ1v) is 5.59. The minimum absolute atomic E-state index is 0.371. The van der Waals surface area contributed by atoms with Gasteiger partial charge < -0.3 is 13.6 Å². The van der Waals surface area contributed by atoms with Gasteiger partial charge in [0.25, 0.3) is 11.6 Å². The molecular formula is C12H11N3O3. The standard InChI is InChI=1S/C12H11N3O3/c1-3-16-11-9-12(14-7(2)13-11)18-10(15-9)8-5-4-6-17-8/h4-6H,3H2,1-2H3. The van der Waals surface area contributed by atoms with E-state index in [1.165, 1.54) is 0 Å². The van der Waals surface area contributed by atoms with Crippen molar-refractivity contribution in [2.45, 2.75) is 13.8 Å². The van der Waals surface area contributed by atoms with Crippen molar-refractivity contribution in [1.82, 2.24) is 15.0 Å². The highest BCUT2D eigenvalue weighted by atomic mass is 16.5. The van der Waals surface area contributed by atoms with E-state index in [0.717, 1.165) is 0 Å². The molecule has 0 fully saturated rings. The van der Waals surface area contributed by atoms with Crippen LogP contribution in [0.5, 0.6) is 5.88 Å². The Kier molecular flexibility index (Phi) is 2.47. The molecule has 0 N–H and O–H groups in total. The molecule has 0 atom stereocenters. The van der Waals surface area contributed by atoms with E-state index in [-0.39, 0.29) is 0 Å². The van der Waals surface area contributed by atoms with E-state index in [4.69, 9.17) is 13.6 Å². The summed E-state index contributed by atoms with van der Waals surface area (Å²) in [6.45, 7) is 4.17. The molecule has 6 heteroatoms. The summed E-state index contributed by atoms with van der Waals surface area (Å²) in [7, 11) is 0. The van der Waals surface area contributed by atoms with Gasteiger partial charge in [0, 0.05) is 0 Å². The Labute approximate surface area is 103 Å². The van der Waals surface area contributed by atoms with Crippen molar-refractivity contribution in [3.63, 3.8) is 0 Å². The van der Waals surface area contributed by atoms with Gasteiger partial charge in [-0.2, -0.15) is 15.0 Å². The lowest BCUT2D eigenvalue weighted by Crippen LogP contribution is -1.98. The summed E-state index contributed by atoms with van der Waals surface area (Å²) in [5, 5.41) is 0. The first-order chi connectivity index (χ1) is 8.78. The molecule has 0 saturated heterocycles. The van der Waals surface area contributed by atoms with Gasteiger partial charge in [-0.1, -0.05) is 0 Å². The summed E-state index contributed by atoms with van der Waals surface area (Å²) in [6, 6.07) is 3.54. The Morgan fingerprint density at radius 1 is 1.28 bits per heavy atom. The van der Waals surface area contributed by atoms with E-state index in [2.05, 4.69) is 15.0 Å².